The Bertz CT molecular complexity index is 845. The van der Waals surface area contributed by atoms with Crippen LogP contribution in [0.2, 0.25) is 5.02 Å². The topological polar surface area (TPSA) is 46.5 Å². The van der Waals surface area contributed by atoms with E-state index >= 15 is 0 Å². The Kier molecular flexibility index (Phi) is 5.29. The Hall–Kier alpha value is -1.62. The first kappa shape index (κ1) is 19.2. The fourth-order valence-electron chi connectivity index (χ4n) is 3.54. The zero-order valence-electron chi connectivity index (χ0n) is 15.7. The highest BCUT2D eigenvalue weighted by atomic mass is 35.5. The van der Waals surface area contributed by atoms with Crippen LogP contribution in [0.1, 0.15) is 54.7 Å². The summed E-state index contributed by atoms with van der Waals surface area (Å²) in [4.78, 5) is 12.7. The number of hydrogen-bond donors (Lipinski definition) is 1. The monoisotopic (exact) mass is 370 g/mol. The van der Waals surface area contributed by atoms with E-state index in [1.165, 1.54) is 0 Å². The molecule has 5 heteroatoms. The van der Waals surface area contributed by atoms with Gasteiger partial charge < -0.3 is 9.68 Å². The van der Waals surface area contributed by atoms with E-state index in [1.807, 2.05) is 50.2 Å². The molecule has 3 rings (SSSR count). The van der Waals surface area contributed by atoms with Crippen molar-refractivity contribution in [2.24, 2.45) is 5.92 Å². The third-order valence-corrected chi connectivity index (χ3v) is 5.09. The zero-order chi connectivity index (χ0) is 19.1. The van der Waals surface area contributed by atoms with Gasteiger partial charge in [-0.2, -0.15) is 0 Å². The molecule has 1 heterocycles. The molecule has 0 aliphatic carbocycles. The quantitative estimate of drug-likeness (QED) is 0.641. The highest BCUT2D eigenvalue weighted by Gasteiger charge is 2.40. The number of halogens is 1. The summed E-state index contributed by atoms with van der Waals surface area (Å²) in [6.45, 7) is 8.15. The van der Waals surface area contributed by atoms with Crippen molar-refractivity contribution in [1.29, 1.82) is 0 Å². The van der Waals surface area contributed by atoms with E-state index in [0.717, 1.165) is 28.6 Å². The molecular formula is C21H24BClO3. The second kappa shape index (κ2) is 7.18. The van der Waals surface area contributed by atoms with Crippen LogP contribution in [-0.4, -0.2) is 17.9 Å². The van der Waals surface area contributed by atoms with Crippen molar-refractivity contribution in [3.8, 4) is 0 Å². The van der Waals surface area contributed by atoms with Gasteiger partial charge in [0.05, 0.1) is 10.6 Å². The van der Waals surface area contributed by atoms with E-state index in [-0.39, 0.29) is 12.2 Å². The average Bonchev–Trinajstić information content (AvgIpc) is 2.75. The minimum atomic E-state index is -0.950. The van der Waals surface area contributed by atoms with Crippen molar-refractivity contribution >= 4 is 30.0 Å². The van der Waals surface area contributed by atoms with Gasteiger partial charge in [0.2, 0.25) is 0 Å². The largest absolute Gasteiger partial charge is 0.492 e. The predicted molar refractivity (Wildman–Crippen MR) is 106 cm³/mol. The third kappa shape index (κ3) is 3.88. The Morgan fingerprint density at radius 2 is 1.88 bits per heavy atom. The van der Waals surface area contributed by atoms with Crippen LogP contribution in [0.4, 0.5) is 0 Å². The van der Waals surface area contributed by atoms with Crippen LogP contribution in [-0.2, 0) is 23.1 Å². The molecule has 26 heavy (non-hydrogen) atoms. The summed E-state index contributed by atoms with van der Waals surface area (Å²) >= 11 is 6.35. The van der Waals surface area contributed by atoms with E-state index < -0.39 is 12.7 Å². The molecule has 0 spiro atoms. The minimum Gasteiger partial charge on any atom is -0.423 e. The molecular weight excluding hydrogens is 346 g/mol. The van der Waals surface area contributed by atoms with Crippen molar-refractivity contribution < 1.29 is 14.5 Å². The Morgan fingerprint density at radius 3 is 2.54 bits per heavy atom. The molecule has 2 aromatic rings. The molecule has 0 bridgehead atoms. The maximum Gasteiger partial charge on any atom is 0.492 e. The molecule has 1 N–H and O–H groups in total. The lowest BCUT2D eigenvalue weighted by Gasteiger charge is -2.19. The fourth-order valence-corrected chi connectivity index (χ4v) is 3.85. The first-order valence-electron chi connectivity index (χ1n) is 8.98. The number of benzene rings is 2. The Morgan fingerprint density at radius 1 is 1.19 bits per heavy atom. The highest BCUT2D eigenvalue weighted by molar-refractivity contribution is 6.62. The van der Waals surface area contributed by atoms with E-state index in [0.29, 0.717) is 16.5 Å². The molecule has 0 fully saturated rings. The molecule has 0 radical (unpaired) electrons. The predicted octanol–water partition coefficient (Wildman–Crippen LogP) is 3.92. The normalized spacial score (nSPS) is 15.4. The molecule has 3 nitrogen and oxygen atoms in total. The number of carbonyl (C=O) groups is 1. The fraction of sp³-hybridized carbons (Fsp3) is 0.381. The number of hydrogen-bond acceptors (Lipinski definition) is 3. The SMILES string of the molecule is CC(C)Cc1ccc(C(=O)Cc2ccc3c(c2)B(O)OC3(C)C)c(Cl)c1. The van der Waals surface area contributed by atoms with Gasteiger partial charge in [-0.15, -0.1) is 0 Å². The number of Topliss-reactive ketones (excluding diaryl/α,β-unsaturated/α-hetero) is 1. The average molecular weight is 371 g/mol. The summed E-state index contributed by atoms with van der Waals surface area (Å²) in [5.41, 5.74) is 3.69. The lowest BCUT2D eigenvalue weighted by Crippen LogP contribution is -2.29. The van der Waals surface area contributed by atoms with Crippen molar-refractivity contribution in [2.75, 3.05) is 0 Å². The Balaban J connectivity index is 1.80. The summed E-state index contributed by atoms with van der Waals surface area (Å²) < 4.78 is 5.58. The molecule has 2 aromatic carbocycles. The molecule has 0 unspecified atom stereocenters. The van der Waals surface area contributed by atoms with Crippen LogP contribution in [0.3, 0.4) is 0 Å². The van der Waals surface area contributed by atoms with Crippen molar-refractivity contribution in [3.63, 3.8) is 0 Å². The summed E-state index contributed by atoms with van der Waals surface area (Å²) in [5.74, 6) is 0.510. The van der Waals surface area contributed by atoms with Crippen molar-refractivity contribution in [1.82, 2.24) is 0 Å². The molecule has 1 aliphatic heterocycles. The van der Waals surface area contributed by atoms with Crippen LogP contribution in [0.5, 0.6) is 0 Å². The van der Waals surface area contributed by atoms with Gasteiger partial charge >= 0.3 is 7.12 Å². The van der Waals surface area contributed by atoms with Gasteiger partial charge in [-0.1, -0.05) is 49.7 Å². The van der Waals surface area contributed by atoms with Crippen molar-refractivity contribution in [2.45, 2.75) is 46.1 Å². The summed E-state index contributed by atoms with van der Waals surface area (Å²) in [6.07, 6.45) is 1.18. The minimum absolute atomic E-state index is 0.0290. The second-order valence-corrected chi connectivity index (χ2v) is 8.32. The highest BCUT2D eigenvalue weighted by Crippen LogP contribution is 2.30. The smallest absolute Gasteiger partial charge is 0.423 e. The molecule has 0 aromatic heterocycles. The van der Waals surface area contributed by atoms with Crippen LogP contribution >= 0.6 is 11.6 Å². The second-order valence-electron chi connectivity index (χ2n) is 7.91. The summed E-state index contributed by atoms with van der Waals surface area (Å²) in [7, 11) is -0.950. The lowest BCUT2D eigenvalue weighted by atomic mass is 9.77. The molecule has 0 amide bonds. The number of carbonyl (C=O) groups excluding carboxylic acids is 1. The van der Waals surface area contributed by atoms with Gasteiger partial charge in [0, 0.05) is 12.0 Å². The van der Waals surface area contributed by atoms with Gasteiger partial charge in [0.1, 0.15) is 0 Å². The summed E-state index contributed by atoms with van der Waals surface area (Å²) in [6, 6.07) is 11.4. The maximum atomic E-state index is 12.7. The van der Waals surface area contributed by atoms with Crippen molar-refractivity contribution in [3.05, 3.63) is 63.7 Å². The third-order valence-electron chi connectivity index (χ3n) is 4.78. The van der Waals surface area contributed by atoms with E-state index in [4.69, 9.17) is 16.3 Å². The molecule has 0 atom stereocenters. The molecule has 0 saturated heterocycles. The van der Waals surface area contributed by atoms with Crippen LogP contribution in [0.15, 0.2) is 36.4 Å². The Labute approximate surface area is 160 Å². The van der Waals surface area contributed by atoms with Gasteiger partial charge in [0.15, 0.2) is 5.78 Å². The van der Waals surface area contributed by atoms with Crippen LogP contribution in [0.25, 0.3) is 0 Å². The first-order chi connectivity index (χ1) is 12.2. The molecule has 1 aliphatic rings. The van der Waals surface area contributed by atoms with E-state index in [2.05, 4.69) is 13.8 Å². The first-order valence-corrected chi connectivity index (χ1v) is 9.36. The molecule has 0 saturated carbocycles. The number of ketones is 1. The van der Waals surface area contributed by atoms with E-state index in [1.54, 1.807) is 0 Å². The van der Waals surface area contributed by atoms with Crippen LogP contribution in [0, 0.1) is 5.92 Å². The number of fused-ring (bicyclic) bond motifs is 1. The van der Waals surface area contributed by atoms with Crippen LogP contribution < -0.4 is 5.46 Å². The lowest BCUT2D eigenvalue weighted by molar-refractivity contribution is 0.0991. The maximum absolute atomic E-state index is 12.7. The van der Waals surface area contributed by atoms with Gasteiger partial charge in [-0.05, 0) is 60.5 Å². The summed E-state index contributed by atoms with van der Waals surface area (Å²) in [5, 5.41) is 10.6. The standard InChI is InChI=1S/C21H24BClO3/c1-13(2)9-14-5-7-16(19(23)11-14)20(24)12-15-6-8-17-18(10-15)22(25)26-21(17,3)4/h5-8,10-11,13,25H,9,12H2,1-4H3. The van der Waals surface area contributed by atoms with Gasteiger partial charge in [-0.3, -0.25) is 4.79 Å². The van der Waals surface area contributed by atoms with E-state index in [9.17, 15) is 9.82 Å². The van der Waals surface area contributed by atoms with Gasteiger partial charge in [0.25, 0.3) is 0 Å². The zero-order valence-corrected chi connectivity index (χ0v) is 16.4. The van der Waals surface area contributed by atoms with Gasteiger partial charge in [-0.25, -0.2) is 0 Å². The molecule has 136 valence electrons. The number of rotatable bonds is 5.